The van der Waals surface area contributed by atoms with Crippen LogP contribution in [0.5, 0.6) is 0 Å². The Morgan fingerprint density at radius 3 is 2.60 bits per heavy atom. The van der Waals surface area contributed by atoms with E-state index in [1.54, 1.807) is 6.07 Å². The predicted molar refractivity (Wildman–Crippen MR) is 80.7 cm³/mol. The molecule has 3 nitrogen and oxygen atoms in total. The van der Waals surface area contributed by atoms with Gasteiger partial charge in [0, 0.05) is 22.7 Å². The number of benzene rings is 1. The second-order valence-electron chi connectivity index (χ2n) is 4.83. The van der Waals surface area contributed by atoms with Gasteiger partial charge >= 0.3 is 0 Å². The molecule has 5 heteroatoms. The third-order valence-corrected chi connectivity index (χ3v) is 3.16. The van der Waals surface area contributed by atoms with Crippen molar-refractivity contribution in [3.05, 3.63) is 40.9 Å². The molecular weight excluding hydrogens is 277 g/mol. The standard InChI is InChI=1S/C15H17ClFN3/c1-4-18-15-13(9(2)3)14(19-8-20-15)10-5-11(16)7-12(17)6-10/h5-9H,4H2,1-3H3,(H,18,19,20). The van der Waals surface area contributed by atoms with Crippen molar-refractivity contribution in [2.45, 2.75) is 26.7 Å². The summed E-state index contributed by atoms with van der Waals surface area (Å²) in [5.41, 5.74) is 2.35. The van der Waals surface area contributed by atoms with Gasteiger partial charge in [0.15, 0.2) is 0 Å². The highest BCUT2D eigenvalue weighted by molar-refractivity contribution is 6.30. The molecular formula is C15H17ClFN3. The molecule has 0 aliphatic heterocycles. The average Bonchev–Trinajstić information content (AvgIpc) is 2.37. The Morgan fingerprint density at radius 2 is 2.00 bits per heavy atom. The topological polar surface area (TPSA) is 37.8 Å². The van der Waals surface area contributed by atoms with Crippen LogP contribution >= 0.6 is 11.6 Å². The van der Waals surface area contributed by atoms with E-state index in [-0.39, 0.29) is 11.7 Å². The fourth-order valence-electron chi connectivity index (χ4n) is 2.17. The molecule has 0 fully saturated rings. The van der Waals surface area contributed by atoms with Crippen molar-refractivity contribution in [2.75, 3.05) is 11.9 Å². The Labute approximate surface area is 123 Å². The molecule has 0 radical (unpaired) electrons. The van der Waals surface area contributed by atoms with Crippen LogP contribution < -0.4 is 5.32 Å². The van der Waals surface area contributed by atoms with E-state index in [1.807, 2.05) is 6.92 Å². The first-order valence-corrected chi connectivity index (χ1v) is 6.96. The maximum atomic E-state index is 13.6. The quantitative estimate of drug-likeness (QED) is 0.902. The highest BCUT2D eigenvalue weighted by Gasteiger charge is 2.16. The summed E-state index contributed by atoms with van der Waals surface area (Å²) in [5.74, 6) is 0.626. The first kappa shape index (κ1) is 14.7. The van der Waals surface area contributed by atoms with E-state index in [4.69, 9.17) is 11.6 Å². The number of rotatable bonds is 4. The van der Waals surface area contributed by atoms with Gasteiger partial charge in [0.2, 0.25) is 0 Å². The van der Waals surface area contributed by atoms with Crippen molar-refractivity contribution in [2.24, 2.45) is 0 Å². The zero-order valence-corrected chi connectivity index (χ0v) is 12.5. The molecule has 0 amide bonds. The summed E-state index contributed by atoms with van der Waals surface area (Å²) in [6.07, 6.45) is 1.48. The number of nitrogens with one attached hydrogen (secondary N) is 1. The maximum absolute atomic E-state index is 13.6. The van der Waals surface area contributed by atoms with Crippen molar-refractivity contribution in [3.8, 4) is 11.3 Å². The van der Waals surface area contributed by atoms with Gasteiger partial charge in [0.1, 0.15) is 18.0 Å². The lowest BCUT2D eigenvalue weighted by Gasteiger charge is -2.16. The minimum absolute atomic E-state index is 0.210. The minimum Gasteiger partial charge on any atom is -0.370 e. The summed E-state index contributed by atoms with van der Waals surface area (Å²) >= 11 is 5.93. The Balaban J connectivity index is 2.63. The van der Waals surface area contributed by atoms with E-state index >= 15 is 0 Å². The molecule has 1 aromatic heterocycles. The van der Waals surface area contributed by atoms with Crippen molar-refractivity contribution < 1.29 is 4.39 Å². The van der Waals surface area contributed by atoms with Crippen LogP contribution in [0.2, 0.25) is 5.02 Å². The second kappa shape index (κ2) is 6.18. The smallest absolute Gasteiger partial charge is 0.133 e. The van der Waals surface area contributed by atoms with Crippen LogP contribution in [-0.4, -0.2) is 16.5 Å². The molecule has 0 bridgehead atoms. The molecule has 1 N–H and O–H groups in total. The van der Waals surface area contributed by atoms with E-state index in [0.29, 0.717) is 16.3 Å². The Hall–Kier alpha value is -1.68. The second-order valence-corrected chi connectivity index (χ2v) is 5.26. The Kier molecular flexibility index (Phi) is 4.55. The Morgan fingerprint density at radius 1 is 1.25 bits per heavy atom. The lowest BCUT2D eigenvalue weighted by Crippen LogP contribution is -2.07. The van der Waals surface area contributed by atoms with Gasteiger partial charge in [-0.15, -0.1) is 0 Å². The number of hydrogen-bond acceptors (Lipinski definition) is 3. The SMILES string of the molecule is CCNc1ncnc(-c2cc(F)cc(Cl)c2)c1C(C)C. The fourth-order valence-corrected chi connectivity index (χ4v) is 2.39. The molecule has 0 atom stereocenters. The highest BCUT2D eigenvalue weighted by atomic mass is 35.5. The lowest BCUT2D eigenvalue weighted by atomic mass is 9.97. The third kappa shape index (κ3) is 3.07. The number of hydrogen-bond donors (Lipinski definition) is 1. The van der Waals surface area contributed by atoms with E-state index in [0.717, 1.165) is 17.9 Å². The predicted octanol–water partition coefficient (Wildman–Crippen LogP) is 4.49. The zero-order chi connectivity index (χ0) is 14.7. The van der Waals surface area contributed by atoms with Crippen LogP contribution in [0, 0.1) is 5.82 Å². The van der Waals surface area contributed by atoms with Gasteiger partial charge in [0.05, 0.1) is 5.69 Å². The fraction of sp³-hybridized carbons (Fsp3) is 0.333. The summed E-state index contributed by atoms with van der Waals surface area (Å²) in [6, 6.07) is 4.44. The van der Waals surface area contributed by atoms with Gasteiger partial charge in [-0.05, 0) is 31.0 Å². The molecule has 20 heavy (non-hydrogen) atoms. The van der Waals surface area contributed by atoms with Crippen molar-refractivity contribution in [3.63, 3.8) is 0 Å². The van der Waals surface area contributed by atoms with Crippen molar-refractivity contribution in [1.82, 2.24) is 9.97 Å². The summed E-state index contributed by atoms with van der Waals surface area (Å²) in [7, 11) is 0. The largest absolute Gasteiger partial charge is 0.370 e. The van der Waals surface area contributed by atoms with Gasteiger partial charge in [-0.2, -0.15) is 0 Å². The van der Waals surface area contributed by atoms with Gasteiger partial charge in [-0.25, -0.2) is 14.4 Å². The highest BCUT2D eigenvalue weighted by Crippen LogP contribution is 2.33. The van der Waals surface area contributed by atoms with E-state index in [1.165, 1.54) is 18.5 Å². The molecule has 106 valence electrons. The molecule has 0 spiro atoms. The molecule has 1 aromatic carbocycles. The van der Waals surface area contributed by atoms with Gasteiger partial charge < -0.3 is 5.32 Å². The Bertz CT molecular complexity index is 594. The first-order chi connectivity index (χ1) is 9.52. The van der Waals surface area contributed by atoms with Crippen molar-refractivity contribution >= 4 is 17.4 Å². The molecule has 2 rings (SSSR count). The van der Waals surface area contributed by atoms with Crippen LogP contribution in [0.1, 0.15) is 32.3 Å². The summed E-state index contributed by atoms with van der Waals surface area (Å²) < 4.78 is 13.6. The molecule has 0 aliphatic carbocycles. The normalized spacial score (nSPS) is 10.9. The monoisotopic (exact) mass is 293 g/mol. The third-order valence-electron chi connectivity index (χ3n) is 2.94. The first-order valence-electron chi connectivity index (χ1n) is 6.58. The molecule has 0 unspecified atom stereocenters. The zero-order valence-electron chi connectivity index (χ0n) is 11.7. The van der Waals surface area contributed by atoms with E-state index in [2.05, 4.69) is 29.1 Å². The molecule has 0 saturated carbocycles. The lowest BCUT2D eigenvalue weighted by molar-refractivity contribution is 0.628. The number of halogens is 2. The maximum Gasteiger partial charge on any atom is 0.133 e. The molecule has 0 aliphatic rings. The molecule has 2 aromatic rings. The van der Waals surface area contributed by atoms with Crippen LogP contribution in [0.25, 0.3) is 11.3 Å². The van der Waals surface area contributed by atoms with Crippen LogP contribution in [0.4, 0.5) is 10.2 Å². The van der Waals surface area contributed by atoms with Gasteiger partial charge in [-0.3, -0.25) is 0 Å². The number of anilines is 1. The van der Waals surface area contributed by atoms with E-state index < -0.39 is 0 Å². The van der Waals surface area contributed by atoms with E-state index in [9.17, 15) is 4.39 Å². The summed E-state index contributed by atoms with van der Waals surface area (Å²) in [5, 5.41) is 3.58. The van der Waals surface area contributed by atoms with Crippen LogP contribution in [0.15, 0.2) is 24.5 Å². The molecule has 0 saturated heterocycles. The van der Waals surface area contributed by atoms with Crippen LogP contribution in [-0.2, 0) is 0 Å². The minimum atomic E-state index is -0.370. The summed E-state index contributed by atoms with van der Waals surface area (Å²) in [4.78, 5) is 8.59. The van der Waals surface area contributed by atoms with Crippen LogP contribution in [0.3, 0.4) is 0 Å². The number of nitrogens with zero attached hydrogens (tertiary/aromatic N) is 2. The number of aromatic nitrogens is 2. The average molecular weight is 294 g/mol. The summed E-state index contributed by atoms with van der Waals surface area (Å²) in [6.45, 7) is 6.89. The van der Waals surface area contributed by atoms with Crippen molar-refractivity contribution in [1.29, 1.82) is 0 Å². The molecule has 1 heterocycles. The van der Waals surface area contributed by atoms with Gasteiger partial charge in [0.25, 0.3) is 0 Å². The van der Waals surface area contributed by atoms with Gasteiger partial charge in [-0.1, -0.05) is 25.4 Å².